The van der Waals surface area contributed by atoms with Crippen molar-refractivity contribution < 1.29 is 5.11 Å². The zero-order chi connectivity index (χ0) is 14.0. The van der Waals surface area contributed by atoms with Crippen molar-refractivity contribution >= 4 is 0 Å². The number of allylic oxidation sites excluding steroid dienone is 2. The van der Waals surface area contributed by atoms with Crippen LogP contribution in [0.3, 0.4) is 0 Å². The van der Waals surface area contributed by atoms with Crippen molar-refractivity contribution in [1.29, 1.82) is 0 Å². The molecule has 0 heterocycles. The third-order valence-electron chi connectivity index (χ3n) is 8.07. The highest BCUT2D eigenvalue weighted by molar-refractivity contribution is 5.15. The third kappa shape index (κ3) is 1.59. The highest BCUT2D eigenvalue weighted by atomic mass is 16.3. The van der Waals surface area contributed by atoms with E-state index in [9.17, 15) is 5.11 Å². The molecule has 0 spiro atoms. The van der Waals surface area contributed by atoms with Gasteiger partial charge >= 0.3 is 0 Å². The van der Waals surface area contributed by atoms with Crippen LogP contribution in [0.4, 0.5) is 0 Å². The van der Waals surface area contributed by atoms with Gasteiger partial charge in [0, 0.05) is 0 Å². The summed E-state index contributed by atoms with van der Waals surface area (Å²) in [7, 11) is 0. The Morgan fingerprint density at radius 3 is 2.65 bits per heavy atom. The number of aliphatic hydroxyl groups excluding tert-OH is 1. The minimum absolute atomic E-state index is 0.0270. The highest BCUT2D eigenvalue weighted by Gasteiger charge is 2.58. The van der Waals surface area contributed by atoms with Crippen LogP contribution in [0.25, 0.3) is 0 Å². The average molecular weight is 274 g/mol. The summed E-state index contributed by atoms with van der Waals surface area (Å²) in [6, 6.07) is 0. The molecule has 0 aromatic rings. The predicted molar refractivity (Wildman–Crippen MR) is 82.3 cm³/mol. The van der Waals surface area contributed by atoms with E-state index in [1.165, 1.54) is 44.9 Å². The molecule has 1 N–H and O–H groups in total. The molecule has 0 amide bonds. The van der Waals surface area contributed by atoms with Crippen molar-refractivity contribution in [2.45, 2.75) is 71.3 Å². The van der Waals surface area contributed by atoms with E-state index in [-0.39, 0.29) is 11.5 Å². The SMILES string of the molecule is C[C@]12C=CCCC1CC[C@@H]1C2CC[C@@]2(C)C1CC[C@@H]2O. The first-order chi connectivity index (χ1) is 9.56. The van der Waals surface area contributed by atoms with Gasteiger partial charge in [0.15, 0.2) is 0 Å². The zero-order valence-corrected chi connectivity index (χ0v) is 13.1. The Bertz CT molecular complexity index is 427. The van der Waals surface area contributed by atoms with E-state index in [2.05, 4.69) is 26.0 Å². The summed E-state index contributed by atoms with van der Waals surface area (Å²) in [4.78, 5) is 0. The van der Waals surface area contributed by atoms with Gasteiger partial charge in [-0.1, -0.05) is 26.0 Å². The van der Waals surface area contributed by atoms with Crippen molar-refractivity contribution in [3.05, 3.63) is 12.2 Å². The molecule has 7 atom stereocenters. The van der Waals surface area contributed by atoms with Gasteiger partial charge in [-0.3, -0.25) is 0 Å². The second-order valence-electron chi connectivity index (χ2n) is 8.63. The maximum Gasteiger partial charge on any atom is 0.0596 e. The van der Waals surface area contributed by atoms with E-state index in [0.717, 1.165) is 30.1 Å². The maximum absolute atomic E-state index is 10.5. The van der Waals surface area contributed by atoms with Crippen molar-refractivity contribution in [2.75, 3.05) is 0 Å². The first-order valence-corrected chi connectivity index (χ1v) is 8.91. The van der Waals surface area contributed by atoms with E-state index in [4.69, 9.17) is 0 Å². The molecular weight excluding hydrogens is 244 g/mol. The van der Waals surface area contributed by atoms with Crippen LogP contribution in [0.15, 0.2) is 12.2 Å². The molecule has 4 aliphatic carbocycles. The maximum atomic E-state index is 10.5. The fourth-order valence-electron chi connectivity index (χ4n) is 6.79. The van der Waals surface area contributed by atoms with E-state index in [0.29, 0.717) is 5.41 Å². The monoisotopic (exact) mass is 274 g/mol. The van der Waals surface area contributed by atoms with Crippen molar-refractivity contribution in [2.24, 2.45) is 34.5 Å². The van der Waals surface area contributed by atoms with Crippen LogP contribution < -0.4 is 0 Å². The predicted octanol–water partition coefficient (Wildman–Crippen LogP) is 4.56. The minimum Gasteiger partial charge on any atom is -0.393 e. The summed E-state index contributed by atoms with van der Waals surface area (Å²) in [5, 5.41) is 10.5. The summed E-state index contributed by atoms with van der Waals surface area (Å²) in [6.07, 6.45) is 15.6. The van der Waals surface area contributed by atoms with Gasteiger partial charge < -0.3 is 5.11 Å². The minimum atomic E-state index is -0.0270. The van der Waals surface area contributed by atoms with Crippen LogP contribution in [-0.2, 0) is 0 Å². The lowest BCUT2D eigenvalue weighted by Crippen LogP contribution is -2.52. The number of rotatable bonds is 0. The molecule has 20 heavy (non-hydrogen) atoms. The number of hydrogen-bond donors (Lipinski definition) is 1. The lowest BCUT2D eigenvalue weighted by molar-refractivity contribution is -0.0944. The fourth-order valence-corrected chi connectivity index (χ4v) is 6.79. The molecule has 0 aliphatic heterocycles. The second-order valence-corrected chi connectivity index (χ2v) is 8.63. The van der Waals surface area contributed by atoms with Crippen LogP contribution in [0.5, 0.6) is 0 Å². The summed E-state index contributed by atoms with van der Waals surface area (Å²) in [6.45, 7) is 4.94. The summed E-state index contributed by atoms with van der Waals surface area (Å²) in [5.74, 6) is 3.50. The summed E-state index contributed by atoms with van der Waals surface area (Å²) >= 11 is 0. The molecule has 0 bridgehead atoms. The Morgan fingerprint density at radius 1 is 0.950 bits per heavy atom. The fraction of sp³-hybridized carbons (Fsp3) is 0.895. The lowest BCUT2D eigenvalue weighted by Gasteiger charge is -2.58. The molecule has 1 nitrogen and oxygen atoms in total. The third-order valence-corrected chi connectivity index (χ3v) is 8.07. The Kier molecular flexibility index (Phi) is 2.91. The standard InChI is InChI=1S/C19H30O/c1-18-11-4-3-5-13(18)6-7-14-15-8-9-17(20)19(15,2)12-10-16(14)18/h4,11,13-17,20H,3,5-10,12H2,1-2H3/t13?,14-,15?,16?,17-,18-,19-/m0/s1. The molecule has 4 rings (SSSR count). The first-order valence-electron chi connectivity index (χ1n) is 8.91. The lowest BCUT2D eigenvalue weighted by atomic mass is 9.46. The topological polar surface area (TPSA) is 20.2 Å². The highest BCUT2D eigenvalue weighted by Crippen LogP contribution is 2.65. The molecule has 0 aromatic carbocycles. The van der Waals surface area contributed by atoms with Gasteiger partial charge in [-0.15, -0.1) is 0 Å². The molecule has 4 aliphatic rings. The molecule has 3 fully saturated rings. The van der Waals surface area contributed by atoms with Gasteiger partial charge in [0.05, 0.1) is 6.10 Å². The van der Waals surface area contributed by atoms with Crippen LogP contribution in [-0.4, -0.2) is 11.2 Å². The molecule has 0 aromatic heterocycles. The van der Waals surface area contributed by atoms with Crippen LogP contribution in [0.2, 0.25) is 0 Å². The molecule has 0 saturated heterocycles. The van der Waals surface area contributed by atoms with E-state index < -0.39 is 0 Å². The van der Waals surface area contributed by atoms with E-state index >= 15 is 0 Å². The van der Waals surface area contributed by atoms with Gasteiger partial charge in [-0.05, 0) is 85.9 Å². The van der Waals surface area contributed by atoms with Crippen molar-refractivity contribution in [3.63, 3.8) is 0 Å². The number of fused-ring (bicyclic) bond motifs is 5. The zero-order valence-electron chi connectivity index (χ0n) is 13.1. The molecule has 3 unspecified atom stereocenters. The largest absolute Gasteiger partial charge is 0.393 e. The van der Waals surface area contributed by atoms with Gasteiger partial charge in [-0.25, -0.2) is 0 Å². The van der Waals surface area contributed by atoms with Gasteiger partial charge in [-0.2, -0.15) is 0 Å². The van der Waals surface area contributed by atoms with E-state index in [1.54, 1.807) is 0 Å². The Morgan fingerprint density at radius 2 is 1.80 bits per heavy atom. The summed E-state index contributed by atoms with van der Waals surface area (Å²) < 4.78 is 0. The van der Waals surface area contributed by atoms with Crippen molar-refractivity contribution in [3.8, 4) is 0 Å². The number of aliphatic hydroxyl groups is 1. The van der Waals surface area contributed by atoms with Crippen LogP contribution in [0, 0.1) is 34.5 Å². The molecule has 1 heteroatoms. The Balaban J connectivity index is 1.68. The Labute approximate surface area is 123 Å². The quantitative estimate of drug-likeness (QED) is 0.642. The van der Waals surface area contributed by atoms with E-state index in [1.807, 2.05) is 0 Å². The van der Waals surface area contributed by atoms with Crippen molar-refractivity contribution in [1.82, 2.24) is 0 Å². The van der Waals surface area contributed by atoms with Crippen LogP contribution >= 0.6 is 0 Å². The smallest absolute Gasteiger partial charge is 0.0596 e. The molecule has 112 valence electrons. The van der Waals surface area contributed by atoms with Gasteiger partial charge in [0.25, 0.3) is 0 Å². The average Bonchev–Trinajstić information content (AvgIpc) is 2.74. The second kappa shape index (κ2) is 4.35. The molecule has 3 saturated carbocycles. The Hall–Kier alpha value is -0.300. The summed E-state index contributed by atoms with van der Waals surface area (Å²) in [5.41, 5.74) is 0.707. The molecule has 0 radical (unpaired) electrons. The first kappa shape index (κ1) is 13.4. The van der Waals surface area contributed by atoms with Crippen LogP contribution in [0.1, 0.15) is 65.2 Å². The van der Waals surface area contributed by atoms with Gasteiger partial charge in [0.2, 0.25) is 0 Å². The normalized spacial score (nSPS) is 57.9. The van der Waals surface area contributed by atoms with Gasteiger partial charge in [0.1, 0.15) is 0 Å². The molecular formula is C19H30O. The number of hydrogen-bond acceptors (Lipinski definition) is 1.